The number of nitrogens with zero attached hydrogens (tertiary/aromatic N) is 1. The summed E-state index contributed by atoms with van der Waals surface area (Å²) in [4.78, 5) is 7.51. The van der Waals surface area contributed by atoms with E-state index in [4.69, 9.17) is 5.73 Å². The number of hydrogen-bond donors (Lipinski definition) is 2. The zero-order valence-electron chi connectivity index (χ0n) is 7.62. The smallest absolute Gasteiger partial charge is 0.0537 e. The van der Waals surface area contributed by atoms with Crippen LogP contribution < -0.4 is 5.73 Å². The van der Waals surface area contributed by atoms with Crippen LogP contribution in [0.3, 0.4) is 0 Å². The van der Waals surface area contributed by atoms with E-state index in [1.165, 1.54) is 5.39 Å². The van der Waals surface area contributed by atoms with E-state index in [-0.39, 0.29) is 0 Å². The molecule has 2 aromatic heterocycles. The van der Waals surface area contributed by atoms with Gasteiger partial charge < -0.3 is 10.7 Å². The molecule has 0 saturated heterocycles. The van der Waals surface area contributed by atoms with Crippen molar-refractivity contribution in [3.05, 3.63) is 30.2 Å². The monoisotopic (exact) mass is 175 g/mol. The minimum absolute atomic E-state index is 0.319. The van der Waals surface area contributed by atoms with Crippen molar-refractivity contribution in [2.75, 3.05) is 6.54 Å². The Morgan fingerprint density at radius 1 is 1.54 bits per heavy atom. The maximum atomic E-state index is 5.61. The van der Waals surface area contributed by atoms with Crippen molar-refractivity contribution < 1.29 is 0 Å². The lowest BCUT2D eigenvalue weighted by atomic mass is 10.0. The molecule has 3 heteroatoms. The van der Waals surface area contributed by atoms with Gasteiger partial charge in [0.15, 0.2) is 0 Å². The number of aromatic amines is 1. The number of nitrogens with one attached hydrogen (secondary N) is 1. The summed E-state index contributed by atoms with van der Waals surface area (Å²) in [7, 11) is 0. The van der Waals surface area contributed by atoms with Crippen LogP contribution in [0.25, 0.3) is 10.9 Å². The first-order valence-corrected chi connectivity index (χ1v) is 4.45. The highest BCUT2D eigenvalue weighted by atomic mass is 14.7. The van der Waals surface area contributed by atoms with Crippen molar-refractivity contribution in [3.63, 3.8) is 0 Å². The first-order valence-electron chi connectivity index (χ1n) is 4.45. The fourth-order valence-corrected chi connectivity index (χ4v) is 1.51. The Bertz CT molecular complexity index is 405. The Morgan fingerprint density at radius 3 is 3.15 bits per heavy atom. The number of H-pyrrole nitrogens is 1. The van der Waals surface area contributed by atoms with E-state index in [2.05, 4.69) is 16.9 Å². The summed E-state index contributed by atoms with van der Waals surface area (Å²) in [5.41, 5.74) is 7.83. The minimum Gasteiger partial charge on any atom is -0.361 e. The van der Waals surface area contributed by atoms with Crippen molar-refractivity contribution >= 4 is 10.9 Å². The number of fused-ring (bicyclic) bond motifs is 1. The zero-order valence-corrected chi connectivity index (χ0v) is 7.62. The van der Waals surface area contributed by atoms with Gasteiger partial charge in [0.1, 0.15) is 0 Å². The second-order valence-electron chi connectivity index (χ2n) is 3.27. The van der Waals surface area contributed by atoms with Crippen LogP contribution in [0.2, 0.25) is 0 Å². The van der Waals surface area contributed by atoms with Gasteiger partial charge in [-0.3, -0.25) is 4.98 Å². The van der Waals surface area contributed by atoms with E-state index in [1.54, 1.807) is 0 Å². The molecule has 0 bridgehead atoms. The molecular formula is C10H13N3. The van der Waals surface area contributed by atoms with Gasteiger partial charge in [0.05, 0.1) is 5.69 Å². The minimum atomic E-state index is 0.319. The summed E-state index contributed by atoms with van der Waals surface area (Å²) >= 11 is 0. The van der Waals surface area contributed by atoms with Gasteiger partial charge in [0.2, 0.25) is 0 Å². The number of rotatable bonds is 2. The van der Waals surface area contributed by atoms with Crippen LogP contribution >= 0.6 is 0 Å². The molecule has 0 aliphatic heterocycles. The summed E-state index contributed by atoms with van der Waals surface area (Å²) in [6.45, 7) is 2.73. The van der Waals surface area contributed by atoms with Crippen LogP contribution in [0.5, 0.6) is 0 Å². The molecule has 0 saturated carbocycles. The first-order chi connectivity index (χ1) is 6.33. The molecule has 0 spiro atoms. The quantitative estimate of drug-likeness (QED) is 0.728. The lowest BCUT2D eigenvalue weighted by molar-refractivity contribution is 0.754. The molecule has 13 heavy (non-hydrogen) atoms. The molecule has 0 unspecified atom stereocenters. The highest BCUT2D eigenvalue weighted by molar-refractivity contribution is 5.81. The largest absolute Gasteiger partial charge is 0.361 e. The molecule has 0 fully saturated rings. The van der Waals surface area contributed by atoms with Crippen molar-refractivity contribution in [3.8, 4) is 0 Å². The second-order valence-corrected chi connectivity index (χ2v) is 3.27. The van der Waals surface area contributed by atoms with Crippen LogP contribution in [0.15, 0.2) is 24.5 Å². The van der Waals surface area contributed by atoms with E-state index in [0.29, 0.717) is 12.5 Å². The van der Waals surface area contributed by atoms with Crippen LogP contribution in [-0.2, 0) is 0 Å². The van der Waals surface area contributed by atoms with E-state index in [1.807, 2.05) is 24.5 Å². The Balaban J connectivity index is 2.60. The third kappa shape index (κ3) is 1.31. The van der Waals surface area contributed by atoms with Crippen LogP contribution in [0.1, 0.15) is 18.5 Å². The summed E-state index contributed by atoms with van der Waals surface area (Å²) < 4.78 is 0. The third-order valence-electron chi connectivity index (χ3n) is 2.33. The van der Waals surface area contributed by atoms with Gasteiger partial charge in [-0.05, 0) is 12.1 Å². The predicted molar refractivity (Wildman–Crippen MR) is 53.6 cm³/mol. The number of hydrogen-bond acceptors (Lipinski definition) is 2. The van der Waals surface area contributed by atoms with E-state index in [0.717, 1.165) is 11.2 Å². The van der Waals surface area contributed by atoms with Crippen LogP contribution in [0.4, 0.5) is 0 Å². The van der Waals surface area contributed by atoms with E-state index in [9.17, 15) is 0 Å². The summed E-state index contributed by atoms with van der Waals surface area (Å²) in [5.74, 6) is 0.319. The standard InChI is InChI=1S/C10H13N3/c1-7(6-11)10-8-2-4-12-9(8)3-5-13-10/h2-5,7,12H,6,11H2,1H3/t7-/m1/s1. The molecule has 68 valence electrons. The van der Waals surface area contributed by atoms with Crippen molar-refractivity contribution in [1.82, 2.24) is 9.97 Å². The molecule has 3 N–H and O–H groups in total. The highest BCUT2D eigenvalue weighted by Gasteiger charge is 2.08. The van der Waals surface area contributed by atoms with Gasteiger partial charge in [-0.1, -0.05) is 6.92 Å². The second kappa shape index (κ2) is 3.18. The molecule has 2 aromatic rings. The lowest BCUT2D eigenvalue weighted by Gasteiger charge is -2.08. The van der Waals surface area contributed by atoms with Crippen molar-refractivity contribution in [1.29, 1.82) is 0 Å². The number of aromatic nitrogens is 2. The van der Waals surface area contributed by atoms with Crippen molar-refractivity contribution in [2.45, 2.75) is 12.8 Å². The molecule has 1 atom stereocenters. The molecule has 3 nitrogen and oxygen atoms in total. The molecule has 0 aliphatic carbocycles. The molecular weight excluding hydrogens is 162 g/mol. The fraction of sp³-hybridized carbons (Fsp3) is 0.300. The average molecular weight is 175 g/mol. The van der Waals surface area contributed by atoms with Gasteiger partial charge >= 0.3 is 0 Å². The van der Waals surface area contributed by atoms with Crippen LogP contribution in [-0.4, -0.2) is 16.5 Å². The van der Waals surface area contributed by atoms with Gasteiger partial charge in [-0.15, -0.1) is 0 Å². The fourth-order valence-electron chi connectivity index (χ4n) is 1.51. The third-order valence-corrected chi connectivity index (χ3v) is 2.33. The Hall–Kier alpha value is -1.35. The Labute approximate surface area is 77.0 Å². The SMILES string of the molecule is C[C@H](CN)c1nccc2[nH]ccc12. The van der Waals surface area contributed by atoms with Gasteiger partial charge in [0, 0.05) is 35.8 Å². The molecule has 2 heterocycles. The zero-order chi connectivity index (χ0) is 9.26. The summed E-state index contributed by atoms with van der Waals surface area (Å²) in [6, 6.07) is 4.02. The normalized spacial score (nSPS) is 13.4. The molecule has 0 radical (unpaired) electrons. The predicted octanol–water partition coefficient (Wildman–Crippen LogP) is 1.63. The molecule has 0 aliphatic rings. The van der Waals surface area contributed by atoms with E-state index >= 15 is 0 Å². The molecule has 2 rings (SSSR count). The Morgan fingerprint density at radius 2 is 2.38 bits per heavy atom. The topological polar surface area (TPSA) is 54.7 Å². The van der Waals surface area contributed by atoms with Gasteiger partial charge in [-0.25, -0.2) is 0 Å². The summed E-state index contributed by atoms with van der Waals surface area (Å²) in [5, 5.41) is 1.18. The maximum absolute atomic E-state index is 5.61. The first kappa shape index (κ1) is 8.26. The van der Waals surface area contributed by atoms with Crippen LogP contribution in [0, 0.1) is 0 Å². The highest BCUT2D eigenvalue weighted by Crippen LogP contribution is 2.21. The molecule has 0 amide bonds. The molecule has 0 aromatic carbocycles. The van der Waals surface area contributed by atoms with E-state index < -0.39 is 0 Å². The summed E-state index contributed by atoms with van der Waals surface area (Å²) in [6.07, 6.45) is 3.75. The van der Waals surface area contributed by atoms with Crippen molar-refractivity contribution in [2.24, 2.45) is 5.73 Å². The Kier molecular flexibility index (Phi) is 2.02. The maximum Gasteiger partial charge on any atom is 0.0537 e. The number of nitrogens with two attached hydrogens (primary N) is 1. The lowest BCUT2D eigenvalue weighted by Crippen LogP contribution is -2.10. The van der Waals surface area contributed by atoms with Gasteiger partial charge in [-0.2, -0.15) is 0 Å². The number of pyridine rings is 1. The average Bonchev–Trinajstić information content (AvgIpc) is 2.63. The van der Waals surface area contributed by atoms with Gasteiger partial charge in [0.25, 0.3) is 0 Å².